The third-order valence-electron chi connectivity index (χ3n) is 5.86. The smallest absolute Gasteiger partial charge is 0.0338 e. The SMILES string of the molecule is C/C=C/CN1CC2(CCCCC2)NCC12CCCC2. The van der Waals surface area contributed by atoms with Crippen LogP contribution in [0, 0.1) is 0 Å². The van der Waals surface area contributed by atoms with Gasteiger partial charge < -0.3 is 5.32 Å². The Bertz CT molecular complexity index is 322. The standard InChI is InChI=1S/C17H30N2/c1-2-3-13-19-15-16(9-5-4-6-10-16)18-14-17(19)11-7-8-12-17/h2-3,18H,4-15H2,1H3/b3-2+. The zero-order valence-electron chi connectivity index (χ0n) is 12.6. The van der Waals surface area contributed by atoms with Crippen molar-refractivity contribution in [3.63, 3.8) is 0 Å². The van der Waals surface area contributed by atoms with E-state index in [2.05, 4.69) is 29.3 Å². The summed E-state index contributed by atoms with van der Waals surface area (Å²) in [7, 11) is 0. The van der Waals surface area contributed by atoms with Crippen molar-refractivity contribution in [3.8, 4) is 0 Å². The van der Waals surface area contributed by atoms with E-state index in [0.29, 0.717) is 11.1 Å². The molecule has 19 heavy (non-hydrogen) atoms. The molecule has 2 heteroatoms. The molecule has 108 valence electrons. The van der Waals surface area contributed by atoms with Crippen molar-refractivity contribution in [1.82, 2.24) is 10.2 Å². The molecule has 1 saturated heterocycles. The maximum absolute atomic E-state index is 4.01. The molecule has 3 fully saturated rings. The Kier molecular flexibility index (Phi) is 4.00. The Balaban J connectivity index is 1.75. The summed E-state index contributed by atoms with van der Waals surface area (Å²) in [5.41, 5.74) is 0.940. The highest BCUT2D eigenvalue weighted by atomic mass is 15.3. The van der Waals surface area contributed by atoms with Crippen LogP contribution in [0.3, 0.4) is 0 Å². The molecule has 0 atom stereocenters. The van der Waals surface area contributed by atoms with E-state index in [9.17, 15) is 0 Å². The van der Waals surface area contributed by atoms with E-state index in [1.807, 2.05) is 0 Å². The number of allylic oxidation sites excluding steroid dienone is 1. The average Bonchev–Trinajstić information content (AvgIpc) is 2.91. The highest BCUT2D eigenvalue weighted by molar-refractivity contribution is 5.09. The molecular formula is C17H30N2. The van der Waals surface area contributed by atoms with Crippen LogP contribution in [-0.4, -0.2) is 35.6 Å². The summed E-state index contributed by atoms with van der Waals surface area (Å²) in [6.07, 6.45) is 17.4. The maximum Gasteiger partial charge on any atom is 0.0338 e. The molecule has 1 N–H and O–H groups in total. The van der Waals surface area contributed by atoms with Crippen molar-refractivity contribution >= 4 is 0 Å². The molecule has 1 aliphatic heterocycles. The number of piperazine rings is 1. The number of nitrogens with one attached hydrogen (secondary N) is 1. The van der Waals surface area contributed by atoms with Gasteiger partial charge in [-0.25, -0.2) is 0 Å². The van der Waals surface area contributed by atoms with E-state index >= 15 is 0 Å². The van der Waals surface area contributed by atoms with Gasteiger partial charge in [-0.15, -0.1) is 0 Å². The van der Waals surface area contributed by atoms with Gasteiger partial charge in [-0.1, -0.05) is 44.3 Å². The molecule has 2 aliphatic carbocycles. The minimum absolute atomic E-state index is 0.452. The molecule has 2 spiro atoms. The van der Waals surface area contributed by atoms with Crippen LogP contribution in [0.15, 0.2) is 12.2 Å². The molecular weight excluding hydrogens is 232 g/mol. The average molecular weight is 262 g/mol. The van der Waals surface area contributed by atoms with Crippen molar-refractivity contribution in [3.05, 3.63) is 12.2 Å². The van der Waals surface area contributed by atoms with Crippen LogP contribution in [0.1, 0.15) is 64.7 Å². The van der Waals surface area contributed by atoms with Gasteiger partial charge in [0.15, 0.2) is 0 Å². The summed E-state index contributed by atoms with van der Waals surface area (Å²) >= 11 is 0. The summed E-state index contributed by atoms with van der Waals surface area (Å²) in [6.45, 7) is 5.85. The van der Waals surface area contributed by atoms with Crippen molar-refractivity contribution < 1.29 is 0 Å². The molecule has 0 amide bonds. The van der Waals surface area contributed by atoms with Crippen LogP contribution >= 0.6 is 0 Å². The lowest BCUT2D eigenvalue weighted by molar-refractivity contribution is 0.00241. The lowest BCUT2D eigenvalue weighted by atomic mass is 9.76. The van der Waals surface area contributed by atoms with E-state index in [-0.39, 0.29) is 0 Å². The third kappa shape index (κ3) is 2.62. The lowest BCUT2D eigenvalue weighted by Gasteiger charge is -2.54. The van der Waals surface area contributed by atoms with Gasteiger partial charge in [0.05, 0.1) is 0 Å². The van der Waals surface area contributed by atoms with Gasteiger partial charge in [0.2, 0.25) is 0 Å². The van der Waals surface area contributed by atoms with Crippen LogP contribution in [0.25, 0.3) is 0 Å². The molecule has 0 unspecified atom stereocenters. The molecule has 1 heterocycles. The highest BCUT2D eigenvalue weighted by Gasteiger charge is 2.48. The Hall–Kier alpha value is -0.340. The second kappa shape index (κ2) is 5.57. The fraction of sp³-hybridized carbons (Fsp3) is 0.882. The van der Waals surface area contributed by atoms with E-state index in [0.717, 1.165) is 0 Å². The van der Waals surface area contributed by atoms with Crippen LogP contribution in [0.2, 0.25) is 0 Å². The number of hydrogen-bond donors (Lipinski definition) is 1. The second-order valence-corrected chi connectivity index (χ2v) is 7.08. The molecule has 0 aromatic heterocycles. The van der Waals surface area contributed by atoms with Crippen LogP contribution in [0.4, 0.5) is 0 Å². The first-order valence-corrected chi connectivity index (χ1v) is 8.40. The monoisotopic (exact) mass is 262 g/mol. The van der Waals surface area contributed by atoms with E-state index in [1.54, 1.807) is 0 Å². The van der Waals surface area contributed by atoms with Gasteiger partial charge in [0.1, 0.15) is 0 Å². The third-order valence-corrected chi connectivity index (χ3v) is 5.86. The zero-order chi connectivity index (χ0) is 13.2. The Morgan fingerprint density at radius 1 is 1.00 bits per heavy atom. The van der Waals surface area contributed by atoms with Crippen LogP contribution in [-0.2, 0) is 0 Å². The molecule has 2 saturated carbocycles. The zero-order valence-corrected chi connectivity index (χ0v) is 12.6. The molecule has 0 radical (unpaired) electrons. The largest absolute Gasteiger partial charge is 0.308 e. The van der Waals surface area contributed by atoms with Gasteiger partial charge >= 0.3 is 0 Å². The molecule has 2 nitrogen and oxygen atoms in total. The molecule has 3 aliphatic rings. The fourth-order valence-electron chi connectivity index (χ4n) is 4.63. The number of hydrogen-bond acceptors (Lipinski definition) is 2. The van der Waals surface area contributed by atoms with E-state index in [1.165, 1.54) is 77.4 Å². The minimum atomic E-state index is 0.452. The van der Waals surface area contributed by atoms with Gasteiger partial charge in [-0.2, -0.15) is 0 Å². The van der Waals surface area contributed by atoms with E-state index in [4.69, 9.17) is 0 Å². The summed E-state index contributed by atoms with van der Waals surface area (Å²) in [4.78, 5) is 2.84. The molecule has 0 aromatic rings. The van der Waals surface area contributed by atoms with Crippen molar-refractivity contribution in [2.24, 2.45) is 0 Å². The van der Waals surface area contributed by atoms with Gasteiger partial charge in [0, 0.05) is 30.7 Å². The Morgan fingerprint density at radius 2 is 1.68 bits per heavy atom. The van der Waals surface area contributed by atoms with E-state index < -0.39 is 0 Å². The van der Waals surface area contributed by atoms with Crippen molar-refractivity contribution in [2.75, 3.05) is 19.6 Å². The lowest BCUT2D eigenvalue weighted by Crippen LogP contribution is -2.69. The summed E-state index contributed by atoms with van der Waals surface area (Å²) in [5, 5.41) is 4.01. The summed E-state index contributed by atoms with van der Waals surface area (Å²) in [5.74, 6) is 0. The summed E-state index contributed by atoms with van der Waals surface area (Å²) in [6, 6.07) is 0. The first kappa shape index (κ1) is 13.6. The Labute approximate surface area is 118 Å². The second-order valence-electron chi connectivity index (χ2n) is 7.08. The maximum atomic E-state index is 4.01. The molecule has 0 aromatic carbocycles. The van der Waals surface area contributed by atoms with Gasteiger partial charge in [-0.05, 0) is 32.6 Å². The predicted octanol–water partition coefficient (Wildman–Crippen LogP) is 3.48. The van der Waals surface area contributed by atoms with Crippen molar-refractivity contribution in [1.29, 1.82) is 0 Å². The van der Waals surface area contributed by atoms with Gasteiger partial charge in [0.25, 0.3) is 0 Å². The highest BCUT2D eigenvalue weighted by Crippen LogP contribution is 2.41. The fourth-order valence-corrected chi connectivity index (χ4v) is 4.63. The topological polar surface area (TPSA) is 15.3 Å². The van der Waals surface area contributed by atoms with Crippen LogP contribution in [0.5, 0.6) is 0 Å². The van der Waals surface area contributed by atoms with Crippen LogP contribution < -0.4 is 5.32 Å². The van der Waals surface area contributed by atoms with Crippen molar-refractivity contribution in [2.45, 2.75) is 75.8 Å². The first-order chi connectivity index (χ1) is 9.29. The number of rotatable bonds is 2. The number of nitrogens with zero attached hydrogens (tertiary/aromatic N) is 1. The summed E-state index contributed by atoms with van der Waals surface area (Å²) < 4.78 is 0. The predicted molar refractivity (Wildman–Crippen MR) is 81.4 cm³/mol. The Morgan fingerprint density at radius 3 is 2.37 bits per heavy atom. The minimum Gasteiger partial charge on any atom is -0.308 e. The quantitative estimate of drug-likeness (QED) is 0.766. The first-order valence-electron chi connectivity index (χ1n) is 8.40. The van der Waals surface area contributed by atoms with Gasteiger partial charge in [-0.3, -0.25) is 4.90 Å². The molecule has 0 bridgehead atoms. The normalized spacial score (nSPS) is 30.6. The molecule has 3 rings (SSSR count).